The molecule has 1 atom stereocenters. The van der Waals surface area contributed by atoms with Gasteiger partial charge in [0.2, 0.25) is 11.8 Å². The number of aromatic nitrogens is 2. The van der Waals surface area contributed by atoms with Gasteiger partial charge in [-0.25, -0.2) is 0 Å². The molecule has 2 saturated heterocycles. The number of carbonyl (C=O) groups excluding carboxylic acids is 1. The SMILES string of the molecule is Cc1nc(CC2CCCN(C(=O)CCC3CCNCC3)C2)no1. The summed E-state index contributed by atoms with van der Waals surface area (Å²) >= 11 is 0. The lowest BCUT2D eigenvalue weighted by Gasteiger charge is -2.33. The predicted octanol–water partition coefficient (Wildman–Crippen LogP) is 1.94. The van der Waals surface area contributed by atoms with E-state index in [4.69, 9.17) is 4.52 Å². The van der Waals surface area contributed by atoms with Crippen molar-refractivity contribution in [2.24, 2.45) is 11.8 Å². The smallest absolute Gasteiger partial charge is 0.223 e. The quantitative estimate of drug-likeness (QED) is 0.898. The number of hydrogen-bond acceptors (Lipinski definition) is 5. The predicted molar refractivity (Wildman–Crippen MR) is 86.9 cm³/mol. The average molecular weight is 320 g/mol. The lowest BCUT2D eigenvalue weighted by molar-refractivity contribution is -0.133. The summed E-state index contributed by atoms with van der Waals surface area (Å²) in [4.78, 5) is 18.8. The van der Waals surface area contributed by atoms with Crippen molar-refractivity contribution in [2.75, 3.05) is 26.2 Å². The van der Waals surface area contributed by atoms with Crippen molar-refractivity contribution in [1.82, 2.24) is 20.4 Å². The molecule has 6 heteroatoms. The zero-order valence-corrected chi connectivity index (χ0v) is 14.1. The topological polar surface area (TPSA) is 71.3 Å². The van der Waals surface area contributed by atoms with Crippen molar-refractivity contribution >= 4 is 5.91 Å². The summed E-state index contributed by atoms with van der Waals surface area (Å²) in [6.07, 6.45) is 7.23. The highest BCUT2D eigenvalue weighted by Crippen LogP contribution is 2.23. The second-order valence-corrected chi connectivity index (χ2v) is 7.01. The Bertz CT molecular complexity index is 510. The molecule has 1 aromatic rings. The molecule has 128 valence electrons. The van der Waals surface area contributed by atoms with Crippen LogP contribution in [0.25, 0.3) is 0 Å². The second kappa shape index (κ2) is 7.90. The highest BCUT2D eigenvalue weighted by molar-refractivity contribution is 5.76. The van der Waals surface area contributed by atoms with Crippen LogP contribution in [0, 0.1) is 18.8 Å². The Morgan fingerprint density at radius 2 is 2.13 bits per heavy atom. The van der Waals surface area contributed by atoms with Crippen LogP contribution in [0.2, 0.25) is 0 Å². The highest BCUT2D eigenvalue weighted by atomic mass is 16.5. The fourth-order valence-corrected chi connectivity index (χ4v) is 3.80. The Morgan fingerprint density at radius 1 is 1.30 bits per heavy atom. The Kier molecular flexibility index (Phi) is 5.65. The van der Waals surface area contributed by atoms with Gasteiger partial charge in [0.25, 0.3) is 0 Å². The monoisotopic (exact) mass is 320 g/mol. The summed E-state index contributed by atoms with van der Waals surface area (Å²) in [6, 6.07) is 0. The first kappa shape index (κ1) is 16.4. The lowest BCUT2D eigenvalue weighted by atomic mass is 9.91. The van der Waals surface area contributed by atoms with E-state index in [1.54, 1.807) is 0 Å². The first-order valence-corrected chi connectivity index (χ1v) is 8.98. The fraction of sp³-hybridized carbons (Fsp3) is 0.824. The first-order valence-electron chi connectivity index (χ1n) is 8.98. The van der Waals surface area contributed by atoms with Crippen molar-refractivity contribution in [3.63, 3.8) is 0 Å². The van der Waals surface area contributed by atoms with E-state index in [-0.39, 0.29) is 0 Å². The maximum Gasteiger partial charge on any atom is 0.223 e. The summed E-state index contributed by atoms with van der Waals surface area (Å²) in [5.74, 6) is 2.91. The minimum Gasteiger partial charge on any atom is -0.342 e. The van der Waals surface area contributed by atoms with Gasteiger partial charge < -0.3 is 14.7 Å². The number of carbonyl (C=O) groups is 1. The molecule has 23 heavy (non-hydrogen) atoms. The summed E-state index contributed by atoms with van der Waals surface area (Å²) in [5.41, 5.74) is 0. The minimum absolute atomic E-state index is 0.331. The van der Waals surface area contributed by atoms with E-state index in [0.717, 1.165) is 63.6 Å². The number of rotatable bonds is 5. The molecule has 0 aliphatic carbocycles. The number of nitrogens with one attached hydrogen (secondary N) is 1. The molecule has 2 fully saturated rings. The van der Waals surface area contributed by atoms with E-state index < -0.39 is 0 Å². The van der Waals surface area contributed by atoms with Crippen LogP contribution in [0.4, 0.5) is 0 Å². The Morgan fingerprint density at radius 3 is 2.87 bits per heavy atom. The molecular weight excluding hydrogens is 292 g/mol. The standard InChI is InChI=1S/C17H28N4O2/c1-13-19-16(20-23-13)11-15-3-2-10-21(12-15)17(22)5-4-14-6-8-18-9-7-14/h14-15,18H,2-12H2,1H3. The molecule has 2 aliphatic heterocycles. The zero-order chi connectivity index (χ0) is 16.1. The van der Waals surface area contributed by atoms with E-state index in [1.807, 2.05) is 6.92 Å². The Hall–Kier alpha value is -1.43. The summed E-state index contributed by atoms with van der Waals surface area (Å²) in [5, 5.41) is 7.36. The Balaban J connectivity index is 1.44. The van der Waals surface area contributed by atoms with Gasteiger partial charge in [0.1, 0.15) is 0 Å². The third-order valence-corrected chi connectivity index (χ3v) is 5.14. The molecule has 0 spiro atoms. The van der Waals surface area contributed by atoms with Crippen molar-refractivity contribution in [2.45, 2.75) is 51.9 Å². The van der Waals surface area contributed by atoms with Crippen molar-refractivity contribution < 1.29 is 9.32 Å². The maximum atomic E-state index is 12.5. The highest BCUT2D eigenvalue weighted by Gasteiger charge is 2.25. The largest absolute Gasteiger partial charge is 0.342 e. The molecular formula is C17H28N4O2. The Labute approximate surface area is 138 Å². The van der Waals surface area contributed by atoms with Gasteiger partial charge in [-0.2, -0.15) is 4.98 Å². The first-order chi connectivity index (χ1) is 11.2. The molecule has 2 aliphatic rings. The number of amides is 1. The van der Waals surface area contributed by atoms with Gasteiger partial charge in [-0.15, -0.1) is 0 Å². The molecule has 0 bridgehead atoms. The molecule has 3 rings (SSSR count). The summed E-state index contributed by atoms with van der Waals surface area (Å²) in [6.45, 7) is 5.78. The third kappa shape index (κ3) is 4.77. The van der Waals surface area contributed by atoms with Gasteiger partial charge in [-0.3, -0.25) is 4.79 Å². The second-order valence-electron chi connectivity index (χ2n) is 7.01. The molecule has 0 radical (unpaired) electrons. The van der Waals surface area contributed by atoms with Crippen molar-refractivity contribution in [3.05, 3.63) is 11.7 Å². The molecule has 6 nitrogen and oxygen atoms in total. The van der Waals surface area contributed by atoms with Crippen LogP contribution < -0.4 is 5.32 Å². The third-order valence-electron chi connectivity index (χ3n) is 5.14. The molecule has 1 unspecified atom stereocenters. The summed E-state index contributed by atoms with van der Waals surface area (Å²) < 4.78 is 5.04. The van der Waals surface area contributed by atoms with Gasteiger partial charge in [0.05, 0.1) is 0 Å². The van der Waals surface area contributed by atoms with Gasteiger partial charge >= 0.3 is 0 Å². The number of piperidine rings is 2. The molecule has 0 saturated carbocycles. The van der Waals surface area contributed by atoms with Gasteiger partial charge in [-0.1, -0.05) is 5.16 Å². The van der Waals surface area contributed by atoms with Gasteiger partial charge in [0, 0.05) is 32.9 Å². The average Bonchev–Trinajstić information content (AvgIpc) is 2.99. The molecule has 1 amide bonds. The van der Waals surface area contributed by atoms with E-state index in [0.29, 0.717) is 24.1 Å². The van der Waals surface area contributed by atoms with Crippen LogP contribution in [-0.4, -0.2) is 47.1 Å². The minimum atomic E-state index is 0.331. The summed E-state index contributed by atoms with van der Waals surface area (Å²) in [7, 11) is 0. The molecule has 1 N–H and O–H groups in total. The van der Waals surface area contributed by atoms with E-state index >= 15 is 0 Å². The van der Waals surface area contributed by atoms with E-state index in [9.17, 15) is 4.79 Å². The van der Waals surface area contributed by atoms with Crippen LogP contribution >= 0.6 is 0 Å². The van der Waals surface area contributed by atoms with Crippen LogP contribution in [0.5, 0.6) is 0 Å². The number of aryl methyl sites for hydroxylation is 1. The van der Waals surface area contributed by atoms with Crippen molar-refractivity contribution in [3.8, 4) is 0 Å². The van der Waals surface area contributed by atoms with E-state index in [2.05, 4.69) is 20.4 Å². The van der Waals surface area contributed by atoms with Crippen LogP contribution in [0.1, 0.15) is 50.2 Å². The molecule has 0 aromatic carbocycles. The molecule has 1 aromatic heterocycles. The lowest BCUT2D eigenvalue weighted by Crippen LogP contribution is -2.40. The van der Waals surface area contributed by atoms with Crippen LogP contribution in [0.3, 0.4) is 0 Å². The van der Waals surface area contributed by atoms with Gasteiger partial charge in [-0.05, 0) is 57.0 Å². The number of hydrogen-bond donors (Lipinski definition) is 1. The van der Waals surface area contributed by atoms with Gasteiger partial charge in [0.15, 0.2) is 5.82 Å². The number of nitrogens with zero attached hydrogens (tertiary/aromatic N) is 3. The zero-order valence-electron chi connectivity index (χ0n) is 14.1. The normalized spacial score (nSPS) is 23.2. The maximum absolute atomic E-state index is 12.5. The molecule has 3 heterocycles. The van der Waals surface area contributed by atoms with E-state index in [1.165, 1.54) is 12.8 Å². The van der Waals surface area contributed by atoms with Crippen LogP contribution in [-0.2, 0) is 11.2 Å². The van der Waals surface area contributed by atoms with Crippen molar-refractivity contribution in [1.29, 1.82) is 0 Å². The van der Waals surface area contributed by atoms with Crippen LogP contribution in [0.15, 0.2) is 4.52 Å². The fourth-order valence-electron chi connectivity index (χ4n) is 3.80. The number of likely N-dealkylation sites (tertiary alicyclic amines) is 1.